The molecular weight excluding hydrogens is 326 g/mol. The normalized spacial score (nSPS) is 11.7. The van der Waals surface area contributed by atoms with Crippen molar-refractivity contribution in [3.05, 3.63) is 70.4 Å². The van der Waals surface area contributed by atoms with Crippen LogP contribution < -0.4 is 0 Å². The minimum atomic E-state index is -0.909. The Kier molecular flexibility index (Phi) is 4.45. The first-order valence-electron chi connectivity index (χ1n) is 8.66. The second kappa shape index (κ2) is 6.45. The Labute approximate surface area is 152 Å². The van der Waals surface area contributed by atoms with Crippen LogP contribution in [0.3, 0.4) is 0 Å². The molecule has 0 aliphatic rings. The molecule has 3 rings (SSSR count). The third-order valence-corrected chi connectivity index (χ3v) is 4.68. The molecule has 0 spiro atoms. The Balaban J connectivity index is 2.39. The number of carbonyl (C=O) groups excluding carboxylic acids is 1. The molecule has 2 aromatic carbocycles. The summed E-state index contributed by atoms with van der Waals surface area (Å²) in [5.74, 6) is -0.986. The summed E-state index contributed by atoms with van der Waals surface area (Å²) in [7, 11) is 0. The van der Waals surface area contributed by atoms with E-state index in [1.54, 1.807) is 12.1 Å². The largest absolute Gasteiger partial charge is 0.481 e. The van der Waals surface area contributed by atoms with E-state index in [-0.39, 0.29) is 17.6 Å². The number of hydrogen-bond donors (Lipinski definition) is 2. The quantitative estimate of drug-likeness (QED) is 0.675. The zero-order chi connectivity index (χ0) is 19.1. The maximum atomic E-state index is 13.4. The number of fused-ring (bicyclic) bond motifs is 1. The van der Waals surface area contributed by atoms with Gasteiger partial charge in [0.05, 0.1) is 6.42 Å². The van der Waals surface area contributed by atoms with E-state index in [9.17, 15) is 14.7 Å². The van der Waals surface area contributed by atoms with Crippen molar-refractivity contribution in [3.8, 4) is 0 Å². The van der Waals surface area contributed by atoms with Gasteiger partial charge >= 0.3 is 5.97 Å². The van der Waals surface area contributed by atoms with Crippen molar-refractivity contribution in [1.29, 1.82) is 0 Å². The first-order chi connectivity index (χ1) is 12.2. The fourth-order valence-corrected chi connectivity index (χ4v) is 3.45. The fraction of sp³-hybridized carbons (Fsp3) is 0.273. The standard InChI is InChI=1S/C22H23NO3/c1-13-15(12-18(24)25)19-17(23-13)11-10-16(22(2,3)4)20(19)21(26)14-8-6-5-7-9-14/h5-11,23H,12H2,1-4H3,(H,24,25). The molecule has 0 atom stereocenters. The molecule has 0 aliphatic carbocycles. The molecule has 2 N–H and O–H groups in total. The molecule has 0 bridgehead atoms. The maximum absolute atomic E-state index is 13.4. The van der Waals surface area contributed by atoms with E-state index >= 15 is 0 Å². The maximum Gasteiger partial charge on any atom is 0.307 e. The average molecular weight is 349 g/mol. The Bertz CT molecular complexity index is 992. The van der Waals surface area contributed by atoms with Gasteiger partial charge in [-0.05, 0) is 29.5 Å². The van der Waals surface area contributed by atoms with Crippen molar-refractivity contribution in [2.45, 2.75) is 39.5 Å². The summed E-state index contributed by atoms with van der Waals surface area (Å²) < 4.78 is 0. The van der Waals surface area contributed by atoms with Crippen LogP contribution in [-0.2, 0) is 16.6 Å². The molecule has 0 radical (unpaired) electrons. The van der Waals surface area contributed by atoms with Gasteiger partial charge in [-0.2, -0.15) is 0 Å². The highest BCUT2D eigenvalue weighted by Gasteiger charge is 2.27. The van der Waals surface area contributed by atoms with Crippen molar-refractivity contribution in [1.82, 2.24) is 4.98 Å². The van der Waals surface area contributed by atoms with Gasteiger partial charge < -0.3 is 10.1 Å². The Morgan fingerprint density at radius 2 is 1.69 bits per heavy atom. The van der Waals surface area contributed by atoms with E-state index in [1.165, 1.54) is 0 Å². The molecule has 0 fully saturated rings. The summed E-state index contributed by atoms with van der Waals surface area (Å²) in [6, 6.07) is 13.1. The zero-order valence-electron chi connectivity index (χ0n) is 15.5. The van der Waals surface area contributed by atoms with E-state index < -0.39 is 5.97 Å². The number of aromatic amines is 1. The summed E-state index contributed by atoms with van der Waals surface area (Å²) in [6.07, 6.45) is -0.117. The molecule has 0 unspecified atom stereocenters. The first kappa shape index (κ1) is 17.9. The van der Waals surface area contributed by atoms with Crippen LogP contribution in [0.15, 0.2) is 42.5 Å². The van der Waals surface area contributed by atoms with Gasteiger partial charge in [-0.25, -0.2) is 0 Å². The van der Waals surface area contributed by atoms with E-state index in [0.29, 0.717) is 16.7 Å². The predicted octanol–water partition coefficient (Wildman–Crippen LogP) is 4.63. The monoisotopic (exact) mass is 349 g/mol. The van der Waals surface area contributed by atoms with E-state index in [4.69, 9.17) is 0 Å². The van der Waals surface area contributed by atoms with Crippen molar-refractivity contribution in [2.75, 3.05) is 0 Å². The van der Waals surface area contributed by atoms with Crippen LogP contribution in [0.25, 0.3) is 10.9 Å². The van der Waals surface area contributed by atoms with Crippen LogP contribution in [0.2, 0.25) is 0 Å². The number of carboxylic acid groups (broad SMARTS) is 1. The Morgan fingerprint density at radius 1 is 1.04 bits per heavy atom. The number of aryl methyl sites for hydroxylation is 1. The number of rotatable bonds is 4. The lowest BCUT2D eigenvalue weighted by atomic mass is 9.79. The summed E-state index contributed by atoms with van der Waals surface area (Å²) in [4.78, 5) is 28.1. The molecule has 4 nitrogen and oxygen atoms in total. The van der Waals surface area contributed by atoms with Crippen molar-refractivity contribution in [3.63, 3.8) is 0 Å². The van der Waals surface area contributed by atoms with Crippen LogP contribution >= 0.6 is 0 Å². The summed E-state index contributed by atoms with van der Waals surface area (Å²) in [5.41, 5.74) is 4.14. The van der Waals surface area contributed by atoms with Crippen LogP contribution in [0.5, 0.6) is 0 Å². The summed E-state index contributed by atoms with van der Waals surface area (Å²) >= 11 is 0. The van der Waals surface area contributed by atoms with Crippen LogP contribution in [0.1, 0.15) is 53.5 Å². The molecule has 4 heteroatoms. The number of H-pyrrole nitrogens is 1. The molecule has 134 valence electrons. The first-order valence-corrected chi connectivity index (χ1v) is 8.66. The minimum absolute atomic E-state index is 0.0771. The van der Waals surface area contributed by atoms with E-state index in [2.05, 4.69) is 25.8 Å². The lowest BCUT2D eigenvalue weighted by molar-refractivity contribution is -0.136. The van der Waals surface area contributed by atoms with Crippen LogP contribution in [0.4, 0.5) is 0 Å². The van der Waals surface area contributed by atoms with E-state index in [1.807, 2.05) is 37.3 Å². The van der Waals surface area contributed by atoms with Gasteiger partial charge in [0.25, 0.3) is 0 Å². The number of carbonyl (C=O) groups is 2. The molecule has 3 aromatic rings. The SMILES string of the molecule is Cc1[nH]c2ccc(C(C)(C)C)c(C(=O)c3ccccc3)c2c1CC(=O)O. The topological polar surface area (TPSA) is 70.2 Å². The van der Waals surface area contributed by atoms with Gasteiger partial charge in [-0.15, -0.1) is 0 Å². The summed E-state index contributed by atoms with van der Waals surface area (Å²) in [5, 5.41) is 10.1. The zero-order valence-corrected chi connectivity index (χ0v) is 15.5. The third-order valence-electron chi connectivity index (χ3n) is 4.68. The fourth-order valence-electron chi connectivity index (χ4n) is 3.45. The molecule has 0 saturated heterocycles. The highest BCUT2D eigenvalue weighted by Crippen LogP contribution is 2.36. The predicted molar refractivity (Wildman–Crippen MR) is 103 cm³/mol. The van der Waals surface area contributed by atoms with Crippen LogP contribution in [0, 0.1) is 6.92 Å². The minimum Gasteiger partial charge on any atom is -0.481 e. The number of carboxylic acids is 1. The molecule has 0 amide bonds. The lowest BCUT2D eigenvalue weighted by Crippen LogP contribution is -2.18. The van der Waals surface area contributed by atoms with Crippen molar-refractivity contribution in [2.24, 2.45) is 0 Å². The second-order valence-corrected chi connectivity index (χ2v) is 7.65. The van der Waals surface area contributed by atoms with E-state index in [0.717, 1.165) is 22.2 Å². The van der Waals surface area contributed by atoms with Gasteiger partial charge in [0.1, 0.15) is 0 Å². The van der Waals surface area contributed by atoms with Gasteiger partial charge in [-0.3, -0.25) is 9.59 Å². The van der Waals surface area contributed by atoms with Gasteiger partial charge in [0.15, 0.2) is 5.78 Å². The highest BCUT2D eigenvalue weighted by molar-refractivity contribution is 6.18. The number of aromatic nitrogens is 1. The van der Waals surface area contributed by atoms with Crippen molar-refractivity contribution >= 4 is 22.7 Å². The number of ketones is 1. The molecule has 0 saturated carbocycles. The van der Waals surface area contributed by atoms with Gasteiger partial charge in [0.2, 0.25) is 0 Å². The molecule has 1 heterocycles. The smallest absolute Gasteiger partial charge is 0.307 e. The Hall–Kier alpha value is -2.88. The number of benzene rings is 2. The van der Waals surface area contributed by atoms with Gasteiger partial charge in [-0.1, -0.05) is 57.2 Å². The second-order valence-electron chi connectivity index (χ2n) is 7.65. The molecule has 26 heavy (non-hydrogen) atoms. The third kappa shape index (κ3) is 3.15. The average Bonchev–Trinajstić information content (AvgIpc) is 2.88. The number of nitrogens with one attached hydrogen (secondary N) is 1. The summed E-state index contributed by atoms with van der Waals surface area (Å²) in [6.45, 7) is 8.04. The van der Waals surface area contributed by atoms with Crippen LogP contribution in [-0.4, -0.2) is 21.8 Å². The number of hydrogen-bond acceptors (Lipinski definition) is 2. The molecule has 0 aliphatic heterocycles. The highest BCUT2D eigenvalue weighted by atomic mass is 16.4. The lowest BCUT2D eigenvalue weighted by Gasteiger charge is -2.23. The number of aliphatic carboxylic acids is 1. The van der Waals surface area contributed by atoms with Crippen molar-refractivity contribution < 1.29 is 14.7 Å². The van der Waals surface area contributed by atoms with Gasteiger partial charge in [0, 0.05) is 27.7 Å². The molecular formula is C22H23NO3. The Morgan fingerprint density at radius 3 is 2.27 bits per heavy atom. The molecule has 1 aromatic heterocycles.